The molecule has 0 saturated carbocycles. The van der Waals surface area contributed by atoms with Crippen molar-refractivity contribution in [3.05, 3.63) is 16.6 Å². The smallest absolute Gasteiger partial charge is 0.264 e. The van der Waals surface area contributed by atoms with Gasteiger partial charge in [0.15, 0.2) is 0 Å². The summed E-state index contributed by atoms with van der Waals surface area (Å²) in [6.45, 7) is 0. The lowest BCUT2D eigenvalue weighted by Crippen LogP contribution is -2.36. The Kier molecular flexibility index (Phi) is 1.09. The standard InChI is InChI=1S/C3H4ClN3O/c1-6-5-2-3(4)7(6)8/h2H,1H3. The van der Waals surface area contributed by atoms with Gasteiger partial charge in [0.2, 0.25) is 6.20 Å². The van der Waals surface area contributed by atoms with Crippen molar-refractivity contribution < 1.29 is 4.85 Å². The van der Waals surface area contributed by atoms with Crippen LogP contribution in [-0.2, 0) is 7.05 Å². The lowest BCUT2D eigenvalue weighted by molar-refractivity contribution is -0.694. The van der Waals surface area contributed by atoms with E-state index < -0.39 is 0 Å². The van der Waals surface area contributed by atoms with Crippen LogP contribution in [0.3, 0.4) is 0 Å². The summed E-state index contributed by atoms with van der Waals surface area (Å²) in [7, 11) is 1.51. The van der Waals surface area contributed by atoms with E-state index in [2.05, 4.69) is 5.10 Å². The molecule has 44 valence electrons. The first-order chi connectivity index (χ1) is 3.72. The highest BCUT2D eigenvalue weighted by Crippen LogP contribution is 1.93. The van der Waals surface area contributed by atoms with Gasteiger partial charge in [-0.15, -0.1) is 4.85 Å². The van der Waals surface area contributed by atoms with Gasteiger partial charge >= 0.3 is 0 Å². The van der Waals surface area contributed by atoms with Crippen molar-refractivity contribution in [1.29, 1.82) is 0 Å². The van der Waals surface area contributed by atoms with Crippen LogP contribution in [0.1, 0.15) is 0 Å². The van der Waals surface area contributed by atoms with E-state index in [0.717, 1.165) is 4.80 Å². The zero-order chi connectivity index (χ0) is 6.15. The highest BCUT2D eigenvalue weighted by atomic mass is 35.5. The molecule has 1 aromatic rings. The lowest BCUT2D eigenvalue weighted by atomic mass is 10.9. The molecule has 4 nitrogen and oxygen atoms in total. The van der Waals surface area contributed by atoms with Crippen molar-refractivity contribution in [3.8, 4) is 0 Å². The molecule has 0 aliphatic heterocycles. The number of hydrogen-bond donors (Lipinski definition) is 0. The van der Waals surface area contributed by atoms with Crippen LogP contribution >= 0.6 is 11.6 Å². The summed E-state index contributed by atoms with van der Waals surface area (Å²) in [6.07, 6.45) is 1.29. The van der Waals surface area contributed by atoms with Gasteiger partial charge in [0.1, 0.15) is 0 Å². The molecule has 0 radical (unpaired) electrons. The Morgan fingerprint density at radius 1 is 2.00 bits per heavy atom. The molecule has 0 bridgehead atoms. The Hall–Kier alpha value is -0.770. The Bertz CT molecular complexity index is 177. The first-order valence-corrected chi connectivity index (χ1v) is 2.37. The Morgan fingerprint density at radius 3 is 2.75 bits per heavy atom. The van der Waals surface area contributed by atoms with E-state index in [-0.39, 0.29) is 5.15 Å². The second kappa shape index (κ2) is 1.63. The van der Waals surface area contributed by atoms with Crippen LogP contribution in [0.5, 0.6) is 0 Å². The molecule has 5 heteroatoms. The van der Waals surface area contributed by atoms with E-state index in [0.29, 0.717) is 4.85 Å². The lowest BCUT2D eigenvalue weighted by Gasteiger charge is -1.95. The van der Waals surface area contributed by atoms with Crippen LogP contribution in [0.2, 0.25) is 5.15 Å². The molecule has 0 aromatic carbocycles. The maximum Gasteiger partial charge on any atom is 0.264 e. The third-order valence-corrected chi connectivity index (χ3v) is 1.02. The Morgan fingerprint density at radius 2 is 2.62 bits per heavy atom. The molecule has 0 amide bonds. The van der Waals surface area contributed by atoms with Gasteiger partial charge < -0.3 is 5.21 Å². The minimum atomic E-state index is 0.0903. The van der Waals surface area contributed by atoms with Crippen molar-refractivity contribution in [2.24, 2.45) is 7.05 Å². The monoisotopic (exact) mass is 133 g/mol. The molecule has 0 spiro atoms. The normalized spacial score (nSPS) is 9.75. The number of halogens is 1. The van der Waals surface area contributed by atoms with E-state index in [1.54, 1.807) is 0 Å². The fourth-order valence-electron chi connectivity index (χ4n) is 0.366. The summed E-state index contributed by atoms with van der Waals surface area (Å²) in [5.41, 5.74) is 0. The first-order valence-electron chi connectivity index (χ1n) is 1.99. The molecule has 0 aliphatic carbocycles. The highest BCUT2D eigenvalue weighted by molar-refractivity contribution is 6.28. The van der Waals surface area contributed by atoms with Crippen LogP contribution in [0.25, 0.3) is 0 Å². The minimum absolute atomic E-state index is 0.0903. The average molecular weight is 134 g/mol. The topological polar surface area (TPSA) is 44.8 Å². The molecule has 1 rings (SSSR count). The molecule has 0 fully saturated rings. The van der Waals surface area contributed by atoms with Gasteiger partial charge in [-0.25, -0.2) is 0 Å². The Balaban J connectivity index is 3.19. The van der Waals surface area contributed by atoms with Gasteiger partial charge in [-0.1, -0.05) is 0 Å². The molecule has 8 heavy (non-hydrogen) atoms. The largest absolute Gasteiger partial charge is 0.691 e. The second-order valence-electron chi connectivity index (χ2n) is 1.33. The van der Waals surface area contributed by atoms with Gasteiger partial charge in [0.25, 0.3) is 5.15 Å². The number of hydrogen-bond acceptors (Lipinski definition) is 2. The minimum Gasteiger partial charge on any atom is -0.691 e. The number of nitrogens with zero attached hydrogens (tertiary/aromatic N) is 3. The molecule has 1 heterocycles. The van der Waals surface area contributed by atoms with Crippen molar-refractivity contribution >= 4 is 11.6 Å². The van der Waals surface area contributed by atoms with Crippen molar-refractivity contribution in [2.45, 2.75) is 0 Å². The Labute approximate surface area is 50.9 Å². The average Bonchev–Trinajstić information content (AvgIpc) is 1.98. The van der Waals surface area contributed by atoms with Gasteiger partial charge in [0, 0.05) is 5.10 Å². The molecular weight excluding hydrogens is 130 g/mol. The molecule has 0 aliphatic rings. The van der Waals surface area contributed by atoms with E-state index in [1.165, 1.54) is 13.2 Å². The molecule has 0 saturated heterocycles. The van der Waals surface area contributed by atoms with Crippen molar-refractivity contribution in [1.82, 2.24) is 9.90 Å². The van der Waals surface area contributed by atoms with Gasteiger partial charge in [0.05, 0.1) is 7.05 Å². The van der Waals surface area contributed by atoms with Gasteiger partial charge in [-0.2, -0.15) is 0 Å². The summed E-state index contributed by atoms with van der Waals surface area (Å²) in [5, 5.41) is 14.1. The van der Waals surface area contributed by atoms with Crippen LogP contribution in [-0.4, -0.2) is 9.90 Å². The number of rotatable bonds is 0. The van der Waals surface area contributed by atoms with E-state index >= 15 is 0 Å². The summed E-state index contributed by atoms with van der Waals surface area (Å²) >= 11 is 5.30. The van der Waals surface area contributed by atoms with Crippen LogP contribution in [0.4, 0.5) is 0 Å². The molecule has 0 N–H and O–H groups in total. The van der Waals surface area contributed by atoms with Crippen LogP contribution < -0.4 is 4.85 Å². The summed E-state index contributed by atoms with van der Waals surface area (Å²) in [6, 6.07) is 0. The fourth-order valence-corrected chi connectivity index (χ4v) is 0.519. The summed E-state index contributed by atoms with van der Waals surface area (Å²) in [5.74, 6) is 0. The van der Waals surface area contributed by atoms with Crippen molar-refractivity contribution in [2.75, 3.05) is 0 Å². The first kappa shape index (κ1) is 5.37. The number of aromatic nitrogens is 3. The summed E-state index contributed by atoms with van der Waals surface area (Å²) < 4.78 is 0. The third-order valence-electron chi connectivity index (χ3n) is 0.777. The zero-order valence-electron chi connectivity index (χ0n) is 4.21. The second-order valence-corrected chi connectivity index (χ2v) is 1.72. The van der Waals surface area contributed by atoms with Crippen LogP contribution in [0, 0.1) is 5.21 Å². The van der Waals surface area contributed by atoms with Gasteiger partial charge in [-0.05, 0) is 16.4 Å². The third kappa shape index (κ3) is 0.626. The van der Waals surface area contributed by atoms with E-state index in [1.807, 2.05) is 0 Å². The summed E-state index contributed by atoms with van der Waals surface area (Å²) in [4.78, 5) is 1.59. The SMILES string of the molecule is Cn1ncc(Cl)[n+]1[O-]. The maximum atomic E-state index is 10.5. The predicted molar refractivity (Wildman–Crippen MR) is 27.2 cm³/mol. The van der Waals surface area contributed by atoms with Crippen molar-refractivity contribution in [3.63, 3.8) is 0 Å². The quantitative estimate of drug-likeness (QED) is 0.361. The molecule has 0 atom stereocenters. The predicted octanol–water partition coefficient (Wildman–Crippen LogP) is -0.293. The fraction of sp³-hybridized carbons (Fsp3) is 0.333. The van der Waals surface area contributed by atoms with E-state index in [9.17, 15) is 5.21 Å². The molecular formula is C3H4ClN3O. The molecule has 0 unspecified atom stereocenters. The molecule has 1 aromatic heterocycles. The maximum absolute atomic E-state index is 10.5. The van der Waals surface area contributed by atoms with Crippen LogP contribution in [0.15, 0.2) is 6.20 Å². The zero-order valence-corrected chi connectivity index (χ0v) is 4.96. The van der Waals surface area contributed by atoms with E-state index in [4.69, 9.17) is 11.6 Å². The van der Waals surface area contributed by atoms with Gasteiger partial charge in [-0.3, -0.25) is 0 Å². The highest BCUT2D eigenvalue weighted by Gasteiger charge is 2.02. The number of aryl methyl sites for hydroxylation is 1.